The molecule has 0 unspecified atom stereocenters. The lowest BCUT2D eigenvalue weighted by Crippen LogP contribution is -2.22. The van der Waals surface area contributed by atoms with Gasteiger partial charge in [0.1, 0.15) is 16.8 Å². The molecule has 0 bridgehead atoms. The maximum atomic E-state index is 13.4. The van der Waals surface area contributed by atoms with Crippen molar-refractivity contribution in [2.75, 3.05) is 18.2 Å². The Morgan fingerprint density at radius 2 is 2.06 bits per heavy atom. The maximum Gasteiger partial charge on any atom is 0.267 e. The number of amides is 1. The summed E-state index contributed by atoms with van der Waals surface area (Å²) in [7, 11) is 1.56. The number of thiophene rings is 1. The molecule has 0 spiro atoms. The monoisotopic (exact) mass is 488 g/mol. The molecule has 168 valence electrons. The molecule has 5 aromatic rings. The van der Waals surface area contributed by atoms with Gasteiger partial charge in [0.2, 0.25) is 11.7 Å². The van der Waals surface area contributed by atoms with Crippen molar-refractivity contribution in [3.8, 4) is 17.5 Å². The SMILES string of the molecule is COc1cccc(-n2c(=O)c3ccccc3n3c(SCC(=O)Nc4sccc4C#N)nnc23)c1. The molecule has 1 N–H and O–H groups in total. The maximum absolute atomic E-state index is 13.4. The predicted octanol–water partition coefficient (Wildman–Crippen LogP) is 3.71. The number of aromatic nitrogens is 4. The van der Waals surface area contributed by atoms with E-state index in [-0.39, 0.29) is 17.2 Å². The van der Waals surface area contributed by atoms with Gasteiger partial charge >= 0.3 is 0 Å². The summed E-state index contributed by atoms with van der Waals surface area (Å²) in [4.78, 5) is 25.9. The smallest absolute Gasteiger partial charge is 0.267 e. The number of nitrogens with one attached hydrogen (secondary N) is 1. The van der Waals surface area contributed by atoms with E-state index < -0.39 is 0 Å². The van der Waals surface area contributed by atoms with Crippen LogP contribution in [-0.2, 0) is 4.79 Å². The number of ether oxygens (including phenoxy) is 1. The van der Waals surface area contributed by atoms with Gasteiger partial charge in [0.15, 0.2) is 5.16 Å². The highest BCUT2D eigenvalue weighted by Crippen LogP contribution is 2.26. The lowest BCUT2D eigenvalue weighted by Gasteiger charge is -2.12. The summed E-state index contributed by atoms with van der Waals surface area (Å²) < 4.78 is 8.56. The van der Waals surface area contributed by atoms with Crippen molar-refractivity contribution in [2.45, 2.75) is 5.16 Å². The number of thioether (sulfide) groups is 1. The Labute approximate surface area is 201 Å². The van der Waals surface area contributed by atoms with Crippen LogP contribution in [0.1, 0.15) is 5.56 Å². The number of methoxy groups -OCH3 is 1. The van der Waals surface area contributed by atoms with E-state index >= 15 is 0 Å². The first-order chi connectivity index (χ1) is 16.6. The summed E-state index contributed by atoms with van der Waals surface area (Å²) in [5.74, 6) is 0.707. The topological polar surface area (TPSA) is 114 Å². The fourth-order valence-corrected chi connectivity index (χ4v) is 5.04. The van der Waals surface area contributed by atoms with E-state index in [1.54, 1.807) is 59.4 Å². The molecule has 0 radical (unpaired) electrons. The number of carbonyl (C=O) groups is 1. The molecule has 0 aliphatic rings. The van der Waals surface area contributed by atoms with Crippen molar-refractivity contribution in [1.29, 1.82) is 5.26 Å². The predicted molar refractivity (Wildman–Crippen MR) is 131 cm³/mol. The second kappa shape index (κ2) is 9.01. The molecular formula is C23H16N6O3S2. The lowest BCUT2D eigenvalue weighted by atomic mass is 10.2. The Morgan fingerprint density at radius 1 is 1.21 bits per heavy atom. The van der Waals surface area contributed by atoms with E-state index in [1.165, 1.54) is 27.7 Å². The quantitative estimate of drug-likeness (QED) is 0.362. The van der Waals surface area contributed by atoms with Gasteiger partial charge in [0, 0.05) is 6.07 Å². The van der Waals surface area contributed by atoms with E-state index in [2.05, 4.69) is 21.6 Å². The van der Waals surface area contributed by atoms with Gasteiger partial charge in [-0.25, -0.2) is 4.57 Å². The van der Waals surface area contributed by atoms with E-state index in [0.29, 0.717) is 43.8 Å². The number of hydrogen-bond donors (Lipinski definition) is 1. The van der Waals surface area contributed by atoms with Crippen LogP contribution in [0.4, 0.5) is 5.00 Å². The van der Waals surface area contributed by atoms with Gasteiger partial charge in [0.25, 0.3) is 5.56 Å². The van der Waals surface area contributed by atoms with Gasteiger partial charge in [-0.2, -0.15) is 5.26 Å². The molecule has 0 fully saturated rings. The summed E-state index contributed by atoms with van der Waals surface area (Å²) in [6, 6.07) is 18.0. The van der Waals surface area contributed by atoms with Crippen LogP contribution < -0.4 is 15.6 Å². The molecule has 0 saturated heterocycles. The Bertz CT molecular complexity index is 1650. The first kappa shape index (κ1) is 21.7. The van der Waals surface area contributed by atoms with Crippen LogP contribution in [0.15, 0.2) is 69.9 Å². The number of para-hydroxylation sites is 1. The number of nitrogens with zero attached hydrogens (tertiary/aromatic N) is 5. The Balaban J connectivity index is 1.57. The highest BCUT2D eigenvalue weighted by molar-refractivity contribution is 7.99. The van der Waals surface area contributed by atoms with Gasteiger partial charge in [-0.15, -0.1) is 21.5 Å². The van der Waals surface area contributed by atoms with Crippen molar-refractivity contribution in [3.05, 3.63) is 75.9 Å². The Hall–Kier alpha value is -4.14. The highest BCUT2D eigenvalue weighted by Gasteiger charge is 2.19. The number of carbonyl (C=O) groups excluding carboxylic acids is 1. The molecule has 3 heterocycles. The molecule has 0 atom stereocenters. The van der Waals surface area contributed by atoms with Crippen molar-refractivity contribution < 1.29 is 9.53 Å². The molecule has 9 nitrogen and oxygen atoms in total. The van der Waals surface area contributed by atoms with E-state index in [0.717, 1.165) is 0 Å². The number of hydrogen-bond acceptors (Lipinski definition) is 8. The highest BCUT2D eigenvalue weighted by atomic mass is 32.2. The minimum Gasteiger partial charge on any atom is -0.497 e. The number of fused-ring (bicyclic) bond motifs is 3. The molecule has 2 aromatic carbocycles. The molecule has 34 heavy (non-hydrogen) atoms. The molecule has 1 amide bonds. The fourth-order valence-electron chi connectivity index (χ4n) is 3.54. The normalized spacial score (nSPS) is 10.9. The third kappa shape index (κ3) is 3.79. The van der Waals surface area contributed by atoms with Gasteiger partial charge in [-0.1, -0.05) is 30.0 Å². The van der Waals surface area contributed by atoms with Crippen molar-refractivity contribution in [1.82, 2.24) is 19.2 Å². The van der Waals surface area contributed by atoms with Crippen LogP contribution in [0, 0.1) is 11.3 Å². The standard InChI is InChI=1S/C23H16N6O3S2/c1-32-16-6-4-5-15(11-16)28-21(31)17-7-2-3-8-18(17)29-22(28)26-27-23(29)34-13-19(30)25-20-14(12-24)9-10-33-20/h2-11H,13H2,1H3,(H,25,30). The first-order valence-corrected chi connectivity index (χ1v) is 11.9. The number of benzene rings is 2. The third-order valence-corrected chi connectivity index (χ3v) is 6.84. The Morgan fingerprint density at radius 3 is 2.88 bits per heavy atom. The van der Waals surface area contributed by atoms with Crippen molar-refractivity contribution in [2.24, 2.45) is 0 Å². The van der Waals surface area contributed by atoms with Gasteiger partial charge in [-0.05, 0) is 35.7 Å². The minimum absolute atomic E-state index is 0.0518. The lowest BCUT2D eigenvalue weighted by molar-refractivity contribution is -0.113. The molecular weight excluding hydrogens is 472 g/mol. The molecule has 0 saturated carbocycles. The minimum atomic E-state index is -0.272. The third-order valence-electron chi connectivity index (χ3n) is 5.08. The van der Waals surface area contributed by atoms with Crippen LogP contribution in [-0.4, -0.2) is 37.9 Å². The summed E-state index contributed by atoms with van der Waals surface area (Å²) in [6.07, 6.45) is 0. The van der Waals surface area contributed by atoms with E-state index in [9.17, 15) is 9.59 Å². The zero-order valence-electron chi connectivity index (χ0n) is 17.8. The van der Waals surface area contributed by atoms with Crippen LogP contribution >= 0.6 is 23.1 Å². The molecule has 11 heteroatoms. The van der Waals surface area contributed by atoms with Crippen molar-refractivity contribution in [3.63, 3.8) is 0 Å². The molecule has 5 rings (SSSR count). The second-order valence-electron chi connectivity index (χ2n) is 7.09. The fraction of sp³-hybridized carbons (Fsp3) is 0.0870. The molecule has 3 aromatic heterocycles. The molecule has 0 aliphatic heterocycles. The summed E-state index contributed by atoms with van der Waals surface area (Å²) in [5, 5.41) is 23.7. The summed E-state index contributed by atoms with van der Waals surface area (Å²) >= 11 is 2.48. The van der Waals surface area contributed by atoms with Gasteiger partial charge in [0.05, 0.1) is 35.0 Å². The second-order valence-corrected chi connectivity index (χ2v) is 8.95. The number of anilines is 1. The van der Waals surface area contributed by atoms with Gasteiger partial charge in [-0.3, -0.25) is 14.0 Å². The molecule has 0 aliphatic carbocycles. The van der Waals surface area contributed by atoms with Crippen LogP contribution in [0.25, 0.3) is 22.4 Å². The average molecular weight is 489 g/mol. The van der Waals surface area contributed by atoms with Crippen molar-refractivity contribution >= 4 is 50.7 Å². The summed E-state index contributed by atoms with van der Waals surface area (Å²) in [5.41, 5.74) is 1.41. The van der Waals surface area contributed by atoms with Gasteiger partial charge < -0.3 is 10.1 Å². The average Bonchev–Trinajstić information content (AvgIpc) is 3.50. The van der Waals surface area contributed by atoms with Crippen LogP contribution in [0.2, 0.25) is 0 Å². The number of nitriles is 1. The van der Waals surface area contributed by atoms with Crippen LogP contribution in [0.5, 0.6) is 5.75 Å². The first-order valence-electron chi connectivity index (χ1n) is 10.0. The Kier molecular flexibility index (Phi) is 5.75. The largest absolute Gasteiger partial charge is 0.497 e. The zero-order valence-corrected chi connectivity index (χ0v) is 19.4. The zero-order chi connectivity index (χ0) is 23.7. The van der Waals surface area contributed by atoms with Crippen LogP contribution in [0.3, 0.4) is 0 Å². The van der Waals surface area contributed by atoms with E-state index in [4.69, 9.17) is 10.00 Å². The number of rotatable bonds is 6. The summed E-state index contributed by atoms with van der Waals surface area (Å²) in [6.45, 7) is 0. The van der Waals surface area contributed by atoms with E-state index in [1.807, 2.05) is 12.1 Å².